The zero-order valence-electron chi connectivity index (χ0n) is 27.8. The number of hydrogen-bond acceptors (Lipinski definition) is 3. The van der Waals surface area contributed by atoms with Crippen LogP contribution in [0.1, 0.15) is 138 Å². The van der Waals surface area contributed by atoms with Crippen LogP contribution in [0, 0.1) is 10.8 Å². The highest BCUT2D eigenvalue weighted by molar-refractivity contribution is 5.84. The Hall–Kier alpha value is -2.13. The number of benzene rings is 1. The standard InChI is InChI=1S/C37H58O3/c1-14-31(38)40-32-26(21-27(33(6,7)15-2)23-30(32)36(12,13)18-5)19-20-37(39)24-28(34(8,9)16-3)22-29(25-37)35(10,11)17-4/h14,21-24,39H,1,15-20,25H2,2-13H3. The minimum Gasteiger partial charge on any atom is -0.423 e. The van der Waals surface area contributed by atoms with Gasteiger partial charge in [-0.1, -0.05) is 113 Å². The molecule has 1 aromatic carbocycles. The third-order valence-corrected chi connectivity index (χ3v) is 10.3. The van der Waals surface area contributed by atoms with Gasteiger partial charge in [-0.05, 0) is 83.0 Å². The fourth-order valence-electron chi connectivity index (χ4n) is 5.14. The number of carbonyl (C=O) groups is 1. The molecule has 40 heavy (non-hydrogen) atoms. The van der Waals surface area contributed by atoms with Crippen LogP contribution in [0.15, 0.2) is 48.1 Å². The summed E-state index contributed by atoms with van der Waals surface area (Å²) in [6, 6.07) is 4.45. The van der Waals surface area contributed by atoms with E-state index >= 15 is 0 Å². The third kappa shape index (κ3) is 7.58. The quantitative estimate of drug-likeness (QED) is 0.151. The summed E-state index contributed by atoms with van der Waals surface area (Å²) in [7, 11) is 0. The van der Waals surface area contributed by atoms with Crippen LogP contribution in [0.4, 0.5) is 0 Å². The number of aliphatic hydroxyl groups is 1. The Morgan fingerprint density at radius 3 is 1.95 bits per heavy atom. The van der Waals surface area contributed by atoms with Gasteiger partial charge in [0.05, 0.1) is 5.60 Å². The van der Waals surface area contributed by atoms with Crippen LogP contribution in [-0.4, -0.2) is 16.7 Å². The molecule has 3 heteroatoms. The van der Waals surface area contributed by atoms with Crippen LogP contribution < -0.4 is 4.74 Å². The molecule has 0 spiro atoms. The van der Waals surface area contributed by atoms with Gasteiger partial charge in [0, 0.05) is 18.1 Å². The summed E-state index contributed by atoms with van der Waals surface area (Å²) < 4.78 is 6.01. The van der Waals surface area contributed by atoms with Gasteiger partial charge in [-0.25, -0.2) is 4.79 Å². The highest BCUT2D eigenvalue weighted by atomic mass is 16.5. The van der Waals surface area contributed by atoms with E-state index in [1.54, 1.807) is 0 Å². The number of allylic oxidation sites excluding steroid dienone is 2. The molecule has 224 valence electrons. The SMILES string of the molecule is C=CC(=O)Oc1c(CCC2(O)C=C(C(C)(C)CC)C=C(C(C)(C)CC)C2)cc(C(C)(C)CC)cc1C(C)(C)CC. The third-order valence-electron chi connectivity index (χ3n) is 10.3. The molecule has 0 fully saturated rings. The minimum atomic E-state index is -0.977. The van der Waals surface area contributed by atoms with Gasteiger partial charge >= 0.3 is 5.97 Å². The van der Waals surface area contributed by atoms with Crippen molar-refractivity contribution in [3.8, 4) is 5.75 Å². The molecule has 1 atom stereocenters. The number of rotatable bonds is 13. The molecule has 0 saturated heterocycles. The number of ether oxygens (including phenoxy) is 1. The summed E-state index contributed by atoms with van der Waals surface area (Å²) in [5, 5.41) is 12.2. The molecular formula is C37H58O3. The van der Waals surface area contributed by atoms with Crippen LogP contribution in [0.3, 0.4) is 0 Å². The maximum Gasteiger partial charge on any atom is 0.335 e. The minimum absolute atomic E-state index is 0.00531. The van der Waals surface area contributed by atoms with Crippen molar-refractivity contribution in [1.29, 1.82) is 0 Å². The second kappa shape index (κ2) is 12.4. The number of carbonyl (C=O) groups excluding carboxylic acids is 1. The van der Waals surface area contributed by atoms with Crippen LogP contribution >= 0.6 is 0 Å². The second-order valence-electron chi connectivity index (χ2n) is 14.6. The van der Waals surface area contributed by atoms with Crippen molar-refractivity contribution >= 4 is 5.97 Å². The fourth-order valence-corrected chi connectivity index (χ4v) is 5.14. The summed E-state index contributed by atoms with van der Waals surface area (Å²) in [6.45, 7) is 30.5. The van der Waals surface area contributed by atoms with Gasteiger partial charge in [-0.2, -0.15) is 0 Å². The summed E-state index contributed by atoms with van der Waals surface area (Å²) in [4.78, 5) is 12.6. The van der Waals surface area contributed by atoms with E-state index < -0.39 is 11.6 Å². The zero-order chi connectivity index (χ0) is 30.7. The van der Waals surface area contributed by atoms with Crippen LogP contribution in [-0.2, 0) is 22.0 Å². The number of esters is 1. The Kier molecular flexibility index (Phi) is 10.6. The molecule has 1 N–H and O–H groups in total. The predicted molar refractivity (Wildman–Crippen MR) is 171 cm³/mol. The lowest BCUT2D eigenvalue weighted by atomic mass is 9.67. The summed E-state index contributed by atoms with van der Waals surface area (Å²) >= 11 is 0. The molecule has 0 aliphatic heterocycles. The van der Waals surface area contributed by atoms with Gasteiger partial charge in [0.15, 0.2) is 0 Å². The lowest BCUT2D eigenvalue weighted by molar-refractivity contribution is -0.129. The molecule has 2 rings (SSSR count). The molecular weight excluding hydrogens is 492 g/mol. The molecule has 0 bridgehead atoms. The van der Waals surface area contributed by atoms with Crippen molar-refractivity contribution in [2.75, 3.05) is 0 Å². The largest absolute Gasteiger partial charge is 0.423 e. The van der Waals surface area contributed by atoms with Gasteiger partial charge < -0.3 is 9.84 Å². The Labute approximate surface area is 246 Å². The van der Waals surface area contributed by atoms with Crippen molar-refractivity contribution in [3.05, 3.63) is 64.8 Å². The summed E-state index contributed by atoms with van der Waals surface area (Å²) in [6.07, 6.45) is 11.4. The van der Waals surface area contributed by atoms with E-state index in [4.69, 9.17) is 4.74 Å². The molecule has 0 aromatic heterocycles. The van der Waals surface area contributed by atoms with Crippen molar-refractivity contribution in [3.63, 3.8) is 0 Å². The maximum atomic E-state index is 12.6. The highest BCUT2D eigenvalue weighted by Crippen LogP contribution is 2.47. The van der Waals surface area contributed by atoms with Crippen molar-refractivity contribution in [2.45, 2.75) is 144 Å². The molecule has 3 nitrogen and oxygen atoms in total. The van der Waals surface area contributed by atoms with Crippen LogP contribution in [0.25, 0.3) is 0 Å². The Bertz CT molecular complexity index is 1140. The summed E-state index contributed by atoms with van der Waals surface area (Å²) in [5.74, 6) is 0.185. The molecule has 1 unspecified atom stereocenters. The van der Waals surface area contributed by atoms with Crippen LogP contribution in [0.5, 0.6) is 5.75 Å². The normalized spacial score (nSPS) is 18.7. The smallest absolute Gasteiger partial charge is 0.335 e. The molecule has 1 aliphatic carbocycles. The van der Waals surface area contributed by atoms with E-state index in [9.17, 15) is 9.90 Å². The average molecular weight is 551 g/mol. The van der Waals surface area contributed by atoms with E-state index in [2.05, 4.69) is 114 Å². The van der Waals surface area contributed by atoms with Crippen LogP contribution in [0.2, 0.25) is 0 Å². The molecule has 0 radical (unpaired) electrons. The monoisotopic (exact) mass is 550 g/mol. The van der Waals surface area contributed by atoms with E-state index in [-0.39, 0.29) is 21.7 Å². The van der Waals surface area contributed by atoms with Gasteiger partial charge in [-0.3, -0.25) is 0 Å². The van der Waals surface area contributed by atoms with E-state index in [1.807, 2.05) is 0 Å². The number of hydrogen-bond donors (Lipinski definition) is 1. The maximum absolute atomic E-state index is 12.6. The molecule has 0 heterocycles. The Morgan fingerprint density at radius 2 is 1.45 bits per heavy atom. The average Bonchev–Trinajstić information content (AvgIpc) is 2.91. The molecule has 0 saturated carbocycles. The van der Waals surface area contributed by atoms with E-state index in [0.29, 0.717) is 25.0 Å². The topological polar surface area (TPSA) is 46.5 Å². The van der Waals surface area contributed by atoms with E-state index in [1.165, 1.54) is 22.8 Å². The van der Waals surface area contributed by atoms with Gasteiger partial charge in [0.2, 0.25) is 0 Å². The molecule has 1 aromatic rings. The van der Waals surface area contributed by atoms with Gasteiger partial charge in [-0.15, -0.1) is 0 Å². The van der Waals surface area contributed by atoms with Gasteiger partial charge in [0.25, 0.3) is 0 Å². The Morgan fingerprint density at radius 1 is 0.900 bits per heavy atom. The first-order valence-electron chi connectivity index (χ1n) is 15.5. The van der Waals surface area contributed by atoms with Crippen molar-refractivity contribution in [1.82, 2.24) is 0 Å². The second-order valence-corrected chi connectivity index (χ2v) is 14.6. The molecule has 1 aliphatic rings. The zero-order valence-corrected chi connectivity index (χ0v) is 27.8. The first-order valence-corrected chi connectivity index (χ1v) is 15.5. The predicted octanol–water partition coefficient (Wildman–Crippen LogP) is 9.95. The first-order chi connectivity index (χ1) is 18.3. The van der Waals surface area contributed by atoms with Crippen molar-refractivity contribution in [2.24, 2.45) is 10.8 Å². The highest BCUT2D eigenvalue weighted by Gasteiger charge is 2.38. The lowest BCUT2D eigenvalue weighted by Gasteiger charge is -2.40. The van der Waals surface area contributed by atoms with Crippen molar-refractivity contribution < 1.29 is 14.6 Å². The Balaban J connectivity index is 2.71. The molecule has 0 amide bonds. The fraction of sp³-hybridized carbons (Fsp3) is 0.649. The lowest BCUT2D eigenvalue weighted by Crippen LogP contribution is -2.35. The number of aryl methyl sites for hydroxylation is 1. The first kappa shape index (κ1) is 34.1. The van der Waals surface area contributed by atoms with Gasteiger partial charge in [0.1, 0.15) is 5.75 Å². The summed E-state index contributed by atoms with van der Waals surface area (Å²) in [5.41, 5.74) is 4.57. The van der Waals surface area contributed by atoms with E-state index in [0.717, 1.165) is 36.8 Å².